The van der Waals surface area contributed by atoms with E-state index >= 15 is 0 Å². The second-order valence-electron chi connectivity index (χ2n) is 7.26. The first-order chi connectivity index (χ1) is 16.0. The summed E-state index contributed by atoms with van der Waals surface area (Å²) in [5.41, 5.74) is 1.94. The van der Waals surface area contributed by atoms with E-state index in [1.165, 1.54) is 15.9 Å². The van der Waals surface area contributed by atoms with Crippen molar-refractivity contribution in [3.8, 4) is 22.1 Å². The van der Waals surface area contributed by atoms with E-state index in [4.69, 9.17) is 14.2 Å². The molecule has 2 aromatic heterocycles. The SMILES string of the molecule is COc1cccc(-c2nc(COC(=O)CCc3nc4ccccc4c(=O)n3C)cs2)c1OC. The Morgan fingerprint density at radius 1 is 1.06 bits per heavy atom. The Hall–Kier alpha value is -3.72. The van der Waals surface area contributed by atoms with Crippen LogP contribution in [0.15, 0.2) is 52.6 Å². The quantitative estimate of drug-likeness (QED) is 0.366. The Morgan fingerprint density at radius 2 is 1.88 bits per heavy atom. The molecule has 0 aliphatic rings. The first kappa shape index (κ1) is 22.5. The van der Waals surface area contributed by atoms with Crippen molar-refractivity contribution in [1.29, 1.82) is 0 Å². The normalized spacial score (nSPS) is 10.9. The summed E-state index contributed by atoms with van der Waals surface area (Å²) in [6.45, 7) is 0.0612. The summed E-state index contributed by atoms with van der Waals surface area (Å²) < 4.78 is 17.7. The molecule has 0 atom stereocenters. The minimum Gasteiger partial charge on any atom is -0.493 e. The van der Waals surface area contributed by atoms with Gasteiger partial charge in [-0.3, -0.25) is 14.2 Å². The highest BCUT2D eigenvalue weighted by molar-refractivity contribution is 7.13. The van der Waals surface area contributed by atoms with Crippen LogP contribution >= 0.6 is 11.3 Å². The van der Waals surface area contributed by atoms with E-state index < -0.39 is 0 Å². The zero-order chi connectivity index (χ0) is 23.4. The van der Waals surface area contributed by atoms with Crippen molar-refractivity contribution in [2.24, 2.45) is 7.05 Å². The Kier molecular flexibility index (Phi) is 6.69. The van der Waals surface area contributed by atoms with Crippen LogP contribution in [0.4, 0.5) is 0 Å². The third-order valence-corrected chi connectivity index (χ3v) is 6.12. The number of methoxy groups -OCH3 is 2. The molecule has 0 bridgehead atoms. The number of aromatic nitrogens is 3. The monoisotopic (exact) mass is 465 g/mol. The van der Waals surface area contributed by atoms with Crippen LogP contribution in [0.3, 0.4) is 0 Å². The average molecular weight is 466 g/mol. The van der Waals surface area contributed by atoms with E-state index in [-0.39, 0.29) is 24.6 Å². The Labute approximate surface area is 194 Å². The number of fused-ring (bicyclic) bond motifs is 1. The number of hydrogen-bond donors (Lipinski definition) is 0. The zero-order valence-corrected chi connectivity index (χ0v) is 19.3. The standard InChI is InChI=1S/C24H23N3O5S/c1-27-20(26-18-9-5-4-7-16(18)24(27)29)11-12-21(28)32-13-15-14-33-23(25-15)17-8-6-10-19(30-2)22(17)31-3/h4-10,14H,11-13H2,1-3H3. The summed E-state index contributed by atoms with van der Waals surface area (Å²) in [6.07, 6.45) is 0.415. The molecule has 0 amide bonds. The molecule has 0 fully saturated rings. The van der Waals surface area contributed by atoms with E-state index in [0.717, 1.165) is 10.6 Å². The third kappa shape index (κ3) is 4.73. The van der Waals surface area contributed by atoms with Gasteiger partial charge in [-0.2, -0.15) is 0 Å². The fourth-order valence-corrected chi connectivity index (χ4v) is 4.31. The summed E-state index contributed by atoms with van der Waals surface area (Å²) in [5.74, 6) is 1.38. The molecule has 8 nitrogen and oxygen atoms in total. The molecule has 2 aromatic carbocycles. The van der Waals surface area contributed by atoms with Crippen molar-refractivity contribution in [2.75, 3.05) is 14.2 Å². The van der Waals surface area contributed by atoms with E-state index in [0.29, 0.717) is 40.3 Å². The molecule has 0 aliphatic heterocycles. The molecule has 9 heteroatoms. The van der Waals surface area contributed by atoms with Gasteiger partial charge in [-0.15, -0.1) is 11.3 Å². The van der Waals surface area contributed by atoms with Gasteiger partial charge in [0.15, 0.2) is 11.5 Å². The van der Waals surface area contributed by atoms with Gasteiger partial charge in [-0.1, -0.05) is 18.2 Å². The molecule has 4 aromatic rings. The van der Waals surface area contributed by atoms with Gasteiger partial charge in [0.05, 0.1) is 42.8 Å². The van der Waals surface area contributed by atoms with Crippen LogP contribution in [0.2, 0.25) is 0 Å². The number of ether oxygens (including phenoxy) is 3. The van der Waals surface area contributed by atoms with Gasteiger partial charge in [0.1, 0.15) is 17.4 Å². The third-order valence-electron chi connectivity index (χ3n) is 5.19. The number of para-hydroxylation sites is 2. The summed E-state index contributed by atoms with van der Waals surface area (Å²) in [6, 6.07) is 12.7. The minimum atomic E-state index is -0.383. The number of carbonyl (C=O) groups excluding carboxylic acids is 1. The van der Waals surface area contributed by atoms with E-state index in [1.54, 1.807) is 39.5 Å². The number of benzene rings is 2. The molecule has 0 unspecified atom stereocenters. The molecule has 0 spiro atoms. The van der Waals surface area contributed by atoms with Crippen LogP contribution in [0.25, 0.3) is 21.5 Å². The van der Waals surface area contributed by atoms with Crippen molar-refractivity contribution < 1.29 is 19.0 Å². The topological polar surface area (TPSA) is 92.5 Å². The van der Waals surface area contributed by atoms with Gasteiger partial charge < -0.3 is 14.2 Å². The molecule has 0 radical (unpaired) electrons. The van der Waals surface area contributed by atoms with Gasteiger partial charge in [-0.05, 0) is 24.3 Å². The molecule has 4 rings (SSSR count). The number of hydrogen-bond acceptors (Lipinski definition) is 8. The zero-order valence-electron chi connectivity index (χ0n) is 18.5. The van der Waals surface area contributed by atoms with Gasteiger partial charge in [-0.25, -0.2) is 9.97 Å². The smallest absolute Gasteiger partial charge is 0.306 e. The molecule has 33 heavy (non-hydrogen) atoms. The van der Waals surface area contributed by atoms with E-state index in [2.05, 4.69) is 9.97 Å². The number of nitrogens with zero attached hydrogens (tertiary/aromatic N) is 3. The van der Waals surface area contributed by atoms with E-state index in [1.807, 2.05) is 29.6 Å². The molecule has 0 saturated carbocycles. The van der Waals surface area contributed by atoms with Crippen LogP contribution in [-0.4, -0.2) is 34.7 Å². The van der Waals surface area contributed by atoms with Crippen LogP contribution in [0.1, 0.15) is 17.9 Å². The summed E-state index contributed by atoms with van der Waals surface area (Å²) in [4.78, 5) is 33.9. The second-order valence-corrected chi connectivity index (χ2v) is 8.11. The second kappa shape index (κ2) is 9.83. The lowest BCUT2D eigenvalue weighted by atomic mass is 10.2. The predicted molar refractivity (Wildman–Crippen MR) is 126 cm³/mol. The highest BCUT2D eigenvalue weighted by Gasteiger charge is 2.16. The molecular formula is C24H23N3O5S. The van der Waals surface area contributed by atoms with Crippen molar-refractivity contribution in [3.05, 3.63) is 69.7 Å². The van der Waals surface area contributed by atoms with Crippen LogP contribution in [0, 0.1) is 0 Å². The fraction of sp³-hybridized carbons (Fsp3) is 0.250. The minimum absolute atomic E-state index is 0.0612. The van der Waals surface area contributed by atoms with Crippen LogP contribution in [0.5, 0.6) is 11.5 Å². The van der Waals surface area contributed by atoms with E-state index in [9.17, 15) is 9.59 Å². The van der Waals surface area contributed by atoms with Crippen LogP contribution in [-0.2, 0) is 29.6 Å². The van der Waals surface area contributed by atoms with Crippen molar-refractivity contribution in [1.82, 2.24) is 14.5 Å². The summed E-state index contributed by atoms with van der Waals surface area (Å²) in [7, 11) is 4.82. The largest absolute Gasteiger partial charge is 0.493 e. The average Bonchev–Trinajstić information content (AvgIpc) is 3.32. The van der Waals surface area contributed by atoms with Crippen molar-refractivity contribution in [2.45, 2.75) is 19.4 Å². The predicted octanol–water partition coefficient (Wildman–Crippen LogP) is 3.75. The Morgan fingerprint density at radius 3 is 2.67 bits per heavy atom. The maximum absolute atomic E-state index is 12.5. The number of rotatable bonds is 8. The molecular weight excluding hydrogens is 442 g/mol. The maximum atomic E-state index is 12.5. The number of aryl methyl sites for hydroxylation is 1. The first-order valence-corrected chi connectivity index (χ1v) is 11.2. The number of esters is 1. The Balaban J connectivity index is 1.39. The lowest BCUT2D eigenvalue weighted by Crippen LogP contribution is -2.23. The van der Waals surface area contributed by atoms with Crippen molar-refractivity contribution >= 4 is 28.2 Å². The summed E-state index contributed by atoms with van der Waals surface area (Å²) >= 11 is 1.43. The van der Waals surface area contributed by atoms with Gasteiger partial charge in [0.25, 0.3) is 5.56 Å². The number of thiazole rings is 1. The Bertz CT molecular complexity index is 1360. The molecule has 170 valence electrons. The fourth-order valence-electron chi connectivity index (χ4n) is 3.48. The lowest BCUT2D eigenvalue weighted by Gasteiger charge is -2.10. The summed E-state index contributed by atoms with van der Waals surface area (Å²) in [5, 5.41) is 3.14. The first-order valence-electron chi connectivity index (χ1n) is 10.3. The van der Waals surface area contributed by atoms with Gasteiger partial charge >= 0.3 is 5.97 Å². The molecule has 0 N–H and O–H groups in total. The maximum Gasteiger partial charge on any atom is 0.306 e. The molecule has 2 heterocycles. The van der Waals surface area contributed by atoms with Gasteiger partial charge in [0, 0.05) is 18.8 Å². The molecule has 0 aliphatic carbocycles. The van der Waals surface area contributed by atoms with Crippen molar-refractivity contribution in [3.63, 3.8) is 0 Å². The molecule has 0 saturated heterocycles. The highest BCUT2D eigenvalue weighted by atomic mass is 32.1. The lowest BCUT2D eigenvalue weighted by molar-refractivity contribution is -0.145. The van der Waals surface area contributed by atoms with Gasteiger partial charge in [0.2, 0.25) is 0 Å². The van der Waals surface area contributed by atoms with Crippen LogP contribution < -0.4 is 15.0 Å². The highest BCUT2D eigenvalue weighted by Crippen LogP contribution is 2.39. The number of carbonyl (C=O) groups is 1.